The zero-order chi connectivity index (χ0) is 16.3. The number of allylic oxidation sites excluding steroid dienone is 2. The number of rotatable bonds is 0. The number of aryl methyl sites for hydroxylation is 1. The molecular formula is C17H18N4O. The molecule has 22 heavy (non-hydrogen) atoms. The van der Waals surface area contributed by atoms with Crippen molar-refractivity contribution < 1.29 is 4.79 Å². The minimum absolute atomic E-state index is 0.0820. The SMILES string of the molecule is Cn1nc2c(c1C#N)CCC1C(C)(C)C(=O)C(C#N)=CC21C. The number of nitriles is 2. The smallest absolute Gasteiger partial charge is 0.178 e. The molecule has 0 saturated heterocycles. The van der Waals surface area contributed by atoms with Crippen LogP contribution in [0.2, 0.25) is 0 Å². The number of aromatic nitrogens is 2. The summed E-state index contributed by atoms with van der Waals surface area (Å²) >= 11 is 0. The highest BCUT2D eigenvalue weighted by Gasteiger charge is 2.55. The number of hydrogen-bond donors (Lipinski definition) is 0. The van der Waals surface area contributed by atoms with E-state index in [2.05, 4.69) is 11.2 Å². The molecular weight excluding hydrogens is 276 g/mol. The summed E-state index contributed by atoms with van der Waals surface area (Å²) in [7, 11) is 1.77. The number of nitrogens with zero attached hydrogens (tertiary/aromatic N) is 4. The Balaban J connectivity index is 2.32. The van der Waals surface area contributed by atoms with Crippen LogP contribution in [0.25, 0.3) is 0 Å². The van der Waals surface area contributed by atoms with Gasteiger partial charge in [0.25, 0.3) is 0 Å². The van der Waals surface area contributed by atoms with Crippen molar-refractivity contribution in [3.63, 3.8) is 0 Å². The van der Waals surface area contributed by atoms with Gasteiger partial charge < -0.3 is 0 Å². The maximum atomic E-state index is 12.5. The second-order valence-corrected chi connectivity index (χ2v) is 7.01. The molecule has 0 spiro atoms. The lowest BCUT2D eigenvalue weighted by atomic mass is 9.52. The van der Waals surface area contributed by atoms with Crippen molar-refractivity contribution in [2.24, 2.45) is 18.4 Å². The maximum absolute atomic E-state index is 12.5. The summed E-state index contributed by atoms with van der Waals surface area (Å²) in [6.07, 6.45) is 3.34. The Morgan fingerprint density at radius 3 is 2.59 bits per heavy atom. The van der Waals surface area contributed by atoms with Gasteiger partial charge >= 0.3 is 0 Å². The minimum Gasteiger partial charge on any atom is -0.293 e. The molecule has 3 rings (SSSR count). The first-order valence-electron chi connectivity index (χ1n) is 7.41. The summed E-state index contributed by atoms with van der Waals surface area (Å²) in [5, 5.41) is 23.3. The van der Waals surface area contributed by atoms with Crippen LogP contribution < -0.4 is 0 Å². The lowest BCUT2D eigenvalue weighted by molar-refractivity contribution is -0.128. The number of Topliss-reactive ketones (excluding diaryl/α,β-unsaturated/α-hetero) is 1. The molecule has 5 heteroatoms. The Morgan fingerprint density at radius 2 is 2.00 bits per heavy atom. The monoisotopic (exact) mass is 294 g/mol. The van der Waals surface area contributed by atoms with E-state index in [0.29, 0.717) is 5.69 Å². The molecule has 2 atom stereocenters. The van der Waals surface area contributed by atoms with Crippen molar-refractivity contribution in [3.8, 4) is 12.1 Å². The largest absolute Gasteiger partial charge is 0.293 e. The van der Waals surface area contributed by atoms with Gasteiger partial charge in [0.05, 0.1) is 11.3 Å². The van der Waals surface area contributed by atoms with Crippen LogP contribution in [0.15, 0.2) is 11.6 Å². The van der Waals surface area contributed by atoms with E-state index in [4.69, 9.17) is 0 Å². The minimum atomic E-state index is -0.601. The van der Waals surface area contributed by atoms with Crippen molar-refractivity contribution in [1.82, 2.24) is 9.78 Å². The van der Waals surface area contributed by atoms with Crippen LogP contribution in [0.1, 0.15) is 44.1 Å². The summed E-state index contributed by atoms with van der Waals surface area (Å²) in [6.45, 7) is 5.87. The standard InChI is InChI=1S/C17H18N4O/c1-16(2)13-6-5-11-12(9-19)21(4)20-14(11)17(13,3)7-10(8-18)15(16)22/h7,13H,5-6H2,1-4H3. The molecule has 1 aromatic rings. The summed E-state index contributed by atoms with van der Waals surface area (Å²) in [6, 6.07) is 4.26. The van der Waals surface area contributed by atoms with E-state index in [9.17, 15) is 15.3 Å². The third-order valence-electron chi connectivity index (χ3n) is 5.43. The fourth-order valence-electron chi connectivity index (χ4n) is 4.36. The Morgan fingerprint density at radius 1 is 1.32 bits per heavy atom. The average molecular weight is 294 g/mol. The summed E-state index contributed by atoms with van der Waals surface area (Å²) in [5.41, 5.74) is 1.51. The summed E-state index contributed by atoms with van der Waals surface area (Å²) in [4.78, 5) is 12.5. The normalized spacial score (nSPS) is 28.9. The predicted octanol–water partition coefficient (Wildman–Crippen LogP) is 2.17. The van der Waals surface area contributed by atoms with Crippen LogP contribution in [0.3, 0.4) is 0 Å². The number of fused-ring (bicyclic) bond motifs is 3. The third-order valence-corrected chi connectivity index (χ3v) is 5.43. The van der Waals surface area contributed by atoms with E-state index in [0.717, 1.165) is 24.1 Å². The molecule has 0 bridgehead atoms. The number of carbonyl (C=O) groups excluding carboxylic acids is 1. The van der Waals surface area contributed by atoms with Crippen LogP contribution in [0, 0.1) is 34.0 Å². The molecule has 5 nitrogen and oxygen atoms in total. The Hall–Kier alpha value is -2.40. The first-order valence-corrected chi connectivity index (χ1v) is 7.41. The lowest BCUT2D eigenvalue weighted by Crippen LogP contribution is -2.51. The summed E-state index contributed by atoms with van der Waals surface area (Å²) < 4.78 is 1.61. The van der Waals surface area contributed by atoms with E-state index in [-0.39, 0.29) is 17.3 Å². The highest BCUT2D eigenvalue weighted by Crippen LogP contribution is 2.54. The van der Waals surface area contributed by atoms with Crippen molar-refractivity contribution in [3.05, 3.63) is 28.6 Å². The Bertz CT molecular complexity index is 800. The molecule has 2 unspecified atom stereocenters. The molecule has 0 saturated carbocycles. The third kappa shape index (κ3) is 1.57. The van der Waals surface area contributed by atoms with Crippen LogP contribution >= 0.6 is 0 Å². The molecule has 0 aliphatic heterocycles. The zero-order valence-electron chi connectivity index (χ0n) is 13.3. The van der Waals surface area contributed by atoms with Gasteiger partial charge in [-0.2, -0.15) is 15.6 Å². The number of hydrogen-bond acceptors (Lipinski definition) is 4. The van der Waals surface area contributed by atoms with Gasteiger partial charge in [-0.3, -0.25) is 9.48 Å². The molecule has 0 fully saturated rings. The van der Waals surface area contributed by atoms with E-state index in [1.807, 2.05) is 26.8 Å². The van der Waals surface area contributed by atoms with Crippen molar-refractivity contribution in [2.75, 3.05) is 0 Å². The van der Waals surface area contributed by atoms with Gasteiger partial charge in [0.15, 0.2) is 5.78 Å². The Labute approximate surface area is 129 Å². The zero-order valence-corrected chi connectivity index (χ0v) is 13.3. The van der Waals surface area contributed by atoms with Crippen molar-refractivity contribution in [2.45, 2.75) is 39.0 Å². The van der Waals surface area contributed by atoms with Gasteiger partial charge in [-0.15, -0.1) is 0 Å². The molecule has 0 aromatic carbocycles. The Kier molecular flexibility index (Phi) is 2.84. The van der Waals surface area contributed by atoms with Crippen LogP contribution in [-0.4, -0.2) is 15.6 Å². The highest BCUT2D eigenvalue weighted by atomic mass is 16.1. The first kappa shape index (κ1) is 14.5. The van der Waals surface area contributed by atoms with Crippen molar-refractivity contribution in [1.29, 1.82) is 10.5 Å². The molecule has 1 aromatic heterocycles. The van der Waals surface area contributed by atoms with Gasteiger partial charge in [-0.25, -0.2) is 0 Å². The first-order chi connectivity index (χ1) is 10.3. The summed E-state index contributed by atoms with van der Waals surface area (Å²) in [5.74, 6) is -0.00379. The van der Waals surface area contributed by atoms with E-state index in [1.165, 1.54) is 0 Å². The lowest BCUT2D eigenvalue weighted by Gasteiger charge is -2.49. The van der Waals surface area contributed by atoms with Gasteiger partial charge in [-0.05, 0) is 18.8 Å². The molecule has 1 heterocycles. The topological polar surface area (TPSA) is 82.5 Å². The van der Waals surface area contributed by atoms with E-state index >= 15 is 0 Å². The molecule has 0 N–H and O–H groups in total. The molecule has 2 aliphatic carbocycles. The quantitative estimate of drug-likeness (QED) is 0.734. The van der Waals surface area contributed by atoms with Gasteiger partial charge in [0.2, 0.25) is 0 Å². The second-order valence-electron chi connectivity index (χ2n) is 7.01. The fraction of sp³-hybridized carbons (Fsp3) is 0.529. The van der Waals surface area contributed by atoms with Crippen LogP contribution in [-0.2, 0) is 23.7 Å². The van der Waals surface area contributed by atoms with Crippen LogP contribution in [0.5, 0.6) is 0 Å². The molecule has 0 radical (unpaired) electrons. The van der Waals surface area contributed by atoms with Crippen LogP contribution in [0.4, 0.5) is 0 Å². The maximum Gasteiger partial charge on any atom is 0.178 e. The van der Waals surface area contributed by atoms with Crippen molar-refractivity contribution >= 4 is 5.78 Å². The second kappa shape index (κ2) is 4.30. The predicted molar refractivity (Wildman–Crippen MR) is 79.6 cm³/mol. The molecule has 2 aliphatic rings. The van der Waals surface area contributed by atoms with E-state index in [1.54, 1.807) is 17.8 Å². The molecule has 112 valence electrons. The fourth-order valence-corrected chi connectivity index (χ4v) is 4.36. The average Bonchev–Trinajstić information content (AvgIpc) is 2.80. The molecule has 0 amide bonds. The van der Waals surface area contributed by atoms with E-state index < -0.39 is 10.8 Å². The number of carbonyl (C=O) groups is 1. The highest BCUT2D eigenvalue weighted by molar-refractivity contribution is 6.04. The van der Waals surface area contributed by atoms with Gasteiger partial charge in [0.1, 0.15) is 17.8 Å². The van der Waals surface area contributed by atoms with Gasteiger partial charge in [-0.1, -0.05) is 26.8 Å². The van der Waals surface area contributed by atoms with Gasteiger partial charge in [0, 0.05) is 23.4 Å². The number of ketones is 1.